The molecule has 3 N–H and O–H groups in total. The number of hydrogen-bond acceptors (Lipinski definition) is 8. The number of aromatic nitrogens is 2. The lowest BCUT2D eigenvalue weighted by atomic mass is 9.92. The third kappa shape index (κ3) is 5.71. The fourth-order valence-corrected chi connectivity index (χ4v) is 4.41. The van der Waals surface area contributed by atoms with Gasteiger partial charge in [0.15, 0.2) is 11.6 Å². The number of carbonyl (C=O) groups is 2. The first-order chi connectivity index (χ1) is 14.9. The summed E-state index contributed by atoms with van der Waals surface area (Å²) in [6.45, 7) is 0.277. The summed E-state index contributed by atoms with van der Waals surface area (Å²) in [4.78, 5) is 32.7. The maximum absolute atomic E-state index is 15.0. The number of hydrazine groups is 1. The van der Waals surface area contributed by atoms with Gasteiger partial charge in [0.25, 0.3) is 0 Å². The normalized spacial score (nSPS) is 19.7. The van der Waals surface area contributed by atoms with Gasteiger partial charge in [0, 0.05) is 6.54 Å². The van der Waals surface area contributed by atoms with E-state index >= 15 is 4.39 Å². The molecule has 1 saturated heterocycles. The van der Waals surface area contributed by atoms with Crippen LogP contribution in [0.15, 0.2) is 0 Å². The number of anilines is 2. The zero-order valence-electron chi connectivity index (χ0n) is 16.9. The van der Waals surface area contributed by atoms with Gasteiger partial charge in [-0.05, 0) is 36.8 Å². The lowest BCUT2D eigenvalue weighted by molar-refractivity contribution is -0.154. The highest BCUT2D eigenvalue weighted by Gasteiger charge is 2.31. The molecule has 1 aromatic heterocycles. The zero-order chi connectivity index (χ0) is 22.4. The number of halogens is 2. The number of hydroxylamine groups is 2. The monoisotopic (exact) mass is 453 g/mol. The van der Waals surface area contributed by atoms with Gasteiger partial charge in [0.2, 0.25) is 23.4 Å². The third-order valence-electron chi connectivity index (χ3n) is 5.78. The second-order valence-corrected chi connectivity index (χ2v) is 8.22. The molecule has 0 unspecified atom stereocenters. The predicted octanol–water partition coefficient (Wildman–Crippen LogP) is 2.25. The quantitative estimate of drug-likeness (QED) is 0.224. The molecular formula is C19H25ClFN7O3. The van der Waals surface area contributed by atoms with Crippen molar-refractivity contribution in [3.05, 3.63) is 11.1 Å². The Morgan fingerprint density at radius 1 is 1.39 bits per heavy atom. The first-order valence-electron chi connectivity index (χ1n) is 10.3. The van der Waals surface area contributed by atoms with Crippen molar-refractivity contribution in [3.63, 3.8) is 0 Å². The van der Waals surface area contributed by atoms with Crippen molar-refractivity contribution >= 4 is 35.6 Å². The van der Waals surface area contributed by atoms with Crippen LogP contribution in [0.5, 0.6) is 0 Å². The molecule has 10 nitrogen and oxygen atoms in total. The molecular weight excluding hydrogens is 429 g/mol. The molecule has 2 fully saturated rings. The molecule has 31 heavy (non-hydrogen) atoms. The van der Waals surface area contributed by atoms with E-state index in [4.69, 9.17) is 11.6 Å². The van der Waals surface area contributed by atoms with Crippen molar-refractivity contribution in [3.8, 4) is 6.07 Å². The first kappa shape index (κ1) is 23.0. The lowest BCUT2D eigenvalue weighted by Gasteiger charge is -2.24. The van der Waals surface area contributed by atoms with Crippen LogP contribution >= 0.6 is 11.6 Å². The predicted molar refractivity (Wildman–Crippen MR) is 109 cm³/mol. The number of rotatable bonds is 9. The summed E-state index contributed by atoms with van der Waals surface area (Å²) in [6.07, 6.45) is 6.18. The molecule has 3 rings (SSSR count). The summed E-state index contributed by atoms with van der Waals surface area (Å²) in [7, 11) is 0. The Bertz CT molecular complexity index is 847. The summed E-state index contributed by atoms with van der Waals surface area (Å²) in [5.41, 5.74) is 4.84. The molecule has 1 aliphatic heterocycles. The minimum absolute atomic E-state index is 0.106. The van der Waals surface area contributed by atoms with E-state index < -0.39 is 23.7 Å². The van der Waals surface area contributed by atoms with Crippen LogP contribution in [0.3, 0.4) is 0 Å². The molecule has 0 spiro atoms. The van der Waals surface area contributed by atoms with Crippen LogP contribution in [0.25, 0.3) is 0 Å². The van der Waals surface area contributed by atoms with Crippen LogP contribution in [-0.4, -0.2) is 51.7 Å². The van der Waals surface area contributed by atoms with E-state index in [-0.39, 0.29) is 29.9 Å². The Morgan fingerprint density at radius 2 is 2.13 bits per heavy atom. The number of nitrogens with one attached hydrogen (secondary N) is 2. The first-order valence-corrected chi connectivity index (χ1v) is 10.7. The molecule has 1 aliphatic carbocycles. The number of hydrogen-bond donors (Lipinski definition) is 3. The van der Waals surface area contributed by atoms with Crippen LogP contribution in [0.4, 0.5) is 16.0 Å². The summed E-state index contributed by atoms with van der Waals surface area (Å²) in [5, 5.41) is 19.0. The van der Waals surface area contributed by atoms with Gasteiger partial charge >= 0.3 is 0 Å². The van der Waals surface area contributed by atoms with Gasteiger partial charge < -0.3 is 4.90 Å². The highest BCUT2D eigenvalue weighted by molar-refractivity contribution is 6.28. The van der Waals surface area contributed by atoms with Crippen molar-refractivity contribution in [2.45, 2.75) is 51.0 Å². The van der Waals surface area contributed by atoms with Crippen molar-refractivity contribution in [1.29, 1.82) is 5.26 Å². The fraction of sp³-hybridized carbons (Fsp3) is 0.632. The number of amides is 2. The highest BCUT2D eigenvalue weighted by Crippen LogP contribution is 2.31. The third-order valence-corrected chi connectivity index (χ3v) is 5.95. The molecule has 1 aromatic rings. The molecule has 0 radical (unpaired) electrons. The van der Waals surface area contributed by atoms with Gasteiger partial charge in [0.05, 0.1) is 18.5 Å². The average Bonchev–Trinajstić information content (AvgIpc) is 3.44. The van der Waals surface area contributed by atoms with Crippen molar-refractivity contribution in [2.75, 3.05) is 23.4 Å². The van der Waals surface area contributed by atoms with Crippen molar-refractivity contribution in [2.24, 2.45) is 11.8 Å². The molecule has 2 aliphatic rings. The van der Waals surface area contributed by atoms with E-state index in [9.17, 15) is 20.1 Å². The Kier molecular flexibility index (Phi) is 7.81. The topological polar surface area (TPSA) is 134 Å². The molecule has 1 saturated carbocycles. The van der Waals surface area contributed by atoms with E-state index in [1.165, 1.54) is 4.90 Å². The van der Waals surface area contributed by atoms with Gasteiger partial charge in [0.1, 0.15) is 6.04 Å². The Labute approximate surface area is 184 Å². The number of nitrogens with zero attached hydrogens (tertiary/aromatic N) is 5. The summed E-state index contributed by atoms with van der Waals surface area (Å²) in [5.74, 6) is -2.15. The maximum atomic E-state index is 15.0. The van der Waals surface area contributed by atoms with Gasteiger partial charge in [-0.3, -0.25) is 25.6 Å². The molecule has 2 amide bonds. The van der Waals surface area contributed by atoms with Crippen LogP contribution in [-0.2, 0) is 9.59 Å². The molecule has 2 heterocycles. The van der Waals surface area contributed by atoms with Crippen LogP contribution < -0.4 is 15.8 Å². The summed E-state index contributed by atoms with van der Waals surface area (Å²) >= 11 is 5.94. The van der Waals surface area contributed by atoms with Crippen LogP contribution in [0.2, 0.25) is 5.28 Å². The minimum Gasteiger partial charge on any atom is -0.338 e. The summed E-state index contributed by atoms with van der Waals surface area (Å²) < 4.78 is 15.0. The maximum Gasteiger partial charge on any atom is 0.243 e. The van der Waals surface area contributed by atoms with E-state index in [2.05, 4.69) is 26.9 Å². The van der Waals surface area contributed by atoms with E-state index in [0.29, 0.717) is 30.4 Å². The van der Waals surface area contributed by atoms with Gasteiger partial charge in [-0.15, -0.1) is 0 Å². The Hall–Kier alpha value is -2.71. The fourth-order valence-electron chi connectivity index (χ4n) is 4.24. The minimum atomic E-state index is -0.837. The molecule has 0 aromatic carbocycles. The van der Waals surface area contributed by atoms with E-state index in [1.807, 2.05) is 0 Å². The van der Waals surface area contributed by atoms with E-state index in [1.54, 1.807) is 0 Å². The summed E-state index contributed by atoms with van der Waals surface area (Å²) in [6, 6.07) is 1.59. The van der Waals surface area contributed by atoms with Gasteiger partial charge in [-0.25, -0.2) is 5.06 Å². The van der Waals surface area contributed by atoms with Crippen molar-refractivity contribution in [1.82, 2.24) is 20.5 Å². The molecule has 0 bridgehead atoms. The smallest absolute Gasteiger partial charge is 0.243 e. The Morgan fingerprint density at radius 3 is 2.81 bits per heavy atom. The van der Waals surface area contributed by atoms with Gasteiger partial charge in [-0.2, -0.15) is 19.6 Å². The second-order valence-electron chi connectivity index (χ2n) is 7.88. The number of carbonyl (C=O) groups excluding carboxylic acids is 2. The standard InChI is InChI=1S/C19H25ClFN7O3/c20-19-23-16(15(21)17(24-19)28-7-3-6-14(28)9-22)25-26-18(30)13(10-27(31)11-29)8-12-4-1-2-5-12/h11-14,31H,1-8,10H2,(H,26,30)(H,23,24,25)/t13-,14+/m1/s1. The largest absolute Gasteiger partial charge is 0.338 e. The van der Waals surface area contributed by atoms with Crippen molar-refractivity contribution < 1.29 is 19.2 Å². The average molecular weight is 454 g/mol. The molecule has 168 valence electrons. The molecule has 2 atom stereocenters. The number of nitriles is 1. The SMILES string of the molecule is N#C[C@@H]1CCCN1c1nc(Cl)nc(NNC(=O)[C@H](CC2CCCC2)CN(O)C=O)c1F. The van der Waals surface area contributed by atoms with Crippen LogP contribution in [0, 0.1) is 29.0 Å². The van der Waals surface area contributed by atoms with E-state index in [0.717, 1.165) is 32.1 Å². The van der Waals surface area contributed by atoms with Crippen LogP contribution in [0.1, 0.15) is 44.9 Å². The van der Waals surface area contributed by atoms with Gasteiger partial charge in [-0.1, -0.05) is 25.7 Å². The Balaban J connectivity index is 1.71. The molecule has 12 heteroatoms. The zero-order valence-corrected chi connectivity index (χ0v) is 17.7. The second kappa shape index (κ2) is 10.5. The highest BCUT2D eigenvalue weighted by atomic mass is 35.5. The lowest BCUT2D eigenvalue weighted by Crippen LogP contribution is -2.41.